The summed E-state index contributed by atoms with van der Waals surface area (Å²) in [6.45, 7) is 4.14. The summed E-state index contributed by atoms with van der Waals surface area (Å²) < 4.78 is 0. The number of nitrogens with one attached hydrogen (secondary N) is 2. The summed E-state index contributed by atoms with van der Waals surface area (Å²) in [7, 11) is 0. The summed E-state index contributed by atoms with van der Waals surface area (Å²) in [6.07, 6.45) is 4.98. The summed E-state index contributed by atoms with van der Waals surface area (Å²) in [6, 6.07) is 12.2. The molecule has 1 fully saturated rings. The first kappa shape index (κ1) is 20.1. The Bertz CT molecular complexity index is 993. The van der Waals surface area contributed by atoms with E-state index in [0.29, 0.717) is 16.8 Å². The minimum atomic E-state index is -0.385. The van der Waals surface area contributed by atoms with E-state index in [-0.39, 0.29) is 29.8 Å². The number of hydrogen-bond donors (Lipinski definition) is 2. The maximum atomic E-state index is 12.9. The molecule has 0 unspecified atom stereocenters. The van der Waals surface area contributed by atoms with Gasteiger partial charge in [0.2, 0.25) is 0 Å². The van der Waals surface area contributed by atoms with Crippen LogP contribution in [0.3, 0.4) is 0 Å². The molecule has 0 saturated heterocycles. The molecule has 0 spiro atoms. The summed E-state index contributed by atoms with van der Waals surface area (Å²) in [4.78, 5) is 39.7. The van der Waals surface area contributed by atoms with Crippen LogP contribution in [0.1, 0.15) is 78.1 Å². The van der Waals surface area contributed by atoms with E-state index in [4.69, 9.17) is 0 Å². The van der Waals surface area contributed by atoms with Gasteiger partial charge >= 0.3 is 6.03 Å². The van der Waals surface area contributed by atoms with Crippen molar-refractivity contribution < 1.29 is 14.4 Å². The number of fused-ring (bicyclic) bond motifs is 1. The van der Waals surface area contributed by atoms with Crippen molar-refractivity contribution in [3.05, 3.63) is 59.2 Å². The van der Waals surface area contributed by atoms with Gasteiger partial charge in [-0.05, 0) is 48.6 Å². The highest BCUT2D eigenvalue weighted by Gasteiger charge is 2.40. The molecule has 4 amide bonds. The van der Waals surface area contributed by atoms with Gasteiger partial charge in [-0.2, -0.15) is 0 Å². The van der Waals surface area contributed by atoms with Gasteiger partial charge in [0.1, 0.15) is 0 Å². The first-order valence-corrected chi connectivity index (χ1v) is 10.6. The van der Waals surface area contributed by atoms with E-state index in [1.54, 1.807) is 18.2 Å². The molecule has 4 rings (SSSR count). The van der Waals surface area contributed by atoms with E-state index < -0.39 is 0 Å². The molecule has 6 nitrogen and oxygen atoms in total. The molecular formula is C24H27N3O3. The van der Waals surface area contributed by atoms with Crippen molar-refractivity contribution in [2.45, 2.75) is 57.9 Å². The van der Waals surface area contributed by atoms with Crippen LogP contribution in [0.4, 0.5) is 16.2 Å². The Morgan fingerprint density at radius 3 is 2.37 bits per heavy atom. The number of amides is 4. The normalized spacial score (nSPS) is 16.7. The molecule has 2 aromatic carbocycles. The molecule has 2 N–H and O–H groups in total. The van der Waals surface area contributed by atoms with E-state index in [1.165, 1.54) is 4.90 Å². The lowest BCUT2D eigenvalue weighted by Crippen LogP contribution is -2.40. The van der Waals surface area contributed by atoms with Crippen LogP contribution in [0.2, 0.25) is 0 Å². The van der Waals surface area contributed by atoms with Crippen LogP contribution in [0.25, 0.3) is 0 Å². The van der Waals surface area contributed by atoms with E-state index in [1.807, 2.05) is 24.3 Å². The van der Waals surface area contributed by atoms with Gasteiger partial charge in [-0.15, -0.1) is 0 Å². The fraction of sp³-hybridized carbons (Fsp3) is 0.375. The molecule has 0 atom stereocenters. The summed E-state index contributed by atoms with van der Waals surface area (Å²) >= 11 is 0. The maximum Gasteiger partial charge on any atom is 0.323 e. The molecule has 0 radical (unpaired) electrons. The second-order valence-electron chi connectivity index (χ2n) is 8.35. The first-order chi connectivity index (χ1) is 14.5. The van der Waals surface area contributed by atoms with Crippen molar-refractivity contribution >= 4 is 29.2 Å². The topological polar surface area (TPSA) is 78.5 Å². The number of carbonyl (C=O) groups is 3. The standard InChI is InChI=1S/C24H27N3O3/c1-15(2)18-10-6-7-11-21(18)26-24(30)25-16-12-13-19-20(14-16)23(29)27(22(19)28)17-8-4-3-5-9-17/h6-7,10-15,17H,3-5,8-9H2,1-2H3,(H2,25,26,30). The zero-order valence-electron chi connectivity index (χ0n) is 17.4. The van der Waals surface area contributed by atoms with E-state index >= 15 is 0 Å². The van der Waals surface area contributed by atoms with Gasteiger partial charge in [0.05, 0.1) is 11.1 Å². The quantitative estimate of drug-likeness (QED) is 0.670. The second-order valence-corrected chi connectivity index (χ2v) is 8.35. The second kappa shape index (κ2) is 8.30. The predicted molar refractivity (Wildman–Crippen MR) is 117 cm³/mol. The third-order valence-electron chi connectivity index (χ3n) is 5.95. The Labute approximate surface area is 176 Å². The Kier molecular flexibility index (Phi) is 5.57. The lowest BCUT2D eigenvalue weighted by atomic mass is 9.94. The van der Waals surface area contributed by atoms with Crippen LogP contribution >= 0.6 is 0 Å². The number of nitrogens with zero attached hydrogens (tertiary/aromatic N) is 1. The highest BCUT2D eigenvalue weighted by molar-refractivity contribution is 6.22. The number of anilines is 2. The minimum Gasteiger partial charge on any atom is -0.308 e. The molecule has 156 valence electrons. The van der Waals surface area contributed by atoms with Gasteiger partial charge in [0.25, 0.3) is 11.8 Å². The molecule has 30 heavy (non-hydrogen) atoms. The Hall–Kier alpha value is -3.15. The molecule has 2 aliphatic rings. The molecule has 1 aliphatic carbocycles. The average Bonchev–Trinajstić information content (AvgIpc) is 2.98. The number of rotatable bonds is 4. The third kappa shape index (κ3) is 3.82. The van der Waals surface area contributed by atoms with Gasteiger partial charge in [-0.25, -0.2) is 4.79 Å². The van der Waals surface area contributed by atoms with Crippen LogP contribution in [-0.2, 0) is 0 Å². The van der Waals surface area contributed by atoms with Gasteiger partial charge < -0.3 is 10.6 Å². The van der Waals surface area contributed by atoms with E-state index in [9.17, 15) is 14.4 Å². The number of carbonyl (C=O) groups excluding carboxylic acids is 3. The van der Waals surface area contributed by atoms with Crippen molar-refractivity contribution in [1.29, 1.82) is 0 Å². The number of imide groups is 1. The van der Waals surface area contributed by atoms with Crippen molar-refractivity contribution in [1.82, 2.24) is 4.90 Å². The largest absolute Gasteiger partial charge is 0.323 e. The van der Waals surface area contributed by atoms with Crippen molar-refractivity contribution in [3.63, 3.8) is 0 Å². The number of benzene rings is 2. The van der Waals surface area contributed by atoms with Gasteiger partial charge in [0.15, 0.2) is 0 Å². The lowest BCUT2D eigenvalue weighted by molar-refractivity contribution is 0.0549. The van der Waals surface area contributed by atoms with Crippen LogP contribution in [0, 0.1) is 0 Å². The van der Waals surface area contributed by atoms with Crippen LogP contribution in [-0.4, -0.2) is 28.8 Å². The number of hydrogen-bond acceptors (Lipinski definition) is 3. The lowest BCUT2D eigenvalue weighted by Gasteiger charge is -2.29. The number of para-hydroxylation sites is 1. The Morgan fingerprint density at radius 1 is 0.933 bits per heavy atom. The molecule has 0 bridgehead atoms. The monoisotopic (exact) mass is 405 g/mol. The van der Waals surface area contributed by atoms with Crippen LogP contribution in [0.5, 0.6) is 0 Å². The van der Waals surface area contributed by atoms with Gasteiger partial charge in [0, 0.05) is 17.4 Å². The van der Waals surface area contributed by atoms with E-state index in [2.05, 4.69) is 24.5 Å². The van der Waals surface area contributed by atoms with Crippen LogP contribution < -0.4 is 10.6 Å². The predicted octanol–water partition coefficient (Wildman–Crippen LogP) is 5.38. The smallest absolute Gasteiger partial charge is 0.308 e. The number of urea groups is 1. The third-order valence-corrected chi connectivity index (χ3v) is 5.95. The molecule has 6 heteroatoms. The maximum absolute atomic E-state index is 12.9. The zero-order valence-corrected chi connectivity index (χ0v) is 17.4. The van der Waals surface area contributed by atoms with Crippen LogP contribution in [0.15, 0.2) is 42.5 Å². The average molecular weight is 405 g/mol. The highest BCUT2D eigenvalue weighted by Crippen LogP contribution is 2.32. The Balaban J connectivity index is 1.49. The summed E-state index contributed by atoms with van der Waals surface area (Å²) in [5, 5.41) is 5.66. The van der Waals surface area contributed by atoms with Crippen molar-refractivity contribution in [3.8, 4) is 0 Å². The fourth-order valence-corrected chi connectivity index (χ4v) is 4.41. The van der Waals surface area contributed by atoms with Crippen molar-refractivity contribution in [2.75, 3.05) is 10.6 Å². The van der Waals surface area contributed by atoms with Gasteiger partial charge in [-0.3, -0.25) is 14.5 Å². The van der Waals surface area contributed by atoms with Crippen molar-refractivity contribution in [2.24, 2.45) is 0 Å². The molecule has 2 aromatic rings. The molecule has 1 saturated carbocycles. The van der Waals surface area contributed by atoms with Gasteiger partial charge in [-0.1, -0.05) is 51.3 Å². The molecular weight excluding hydrogens is 378 g/mol. The molecule has 1 heterocycles. The highest BCUT2D eigenvalue weighted by atomic mass is 16.2. The summed E-state index contributed by atoms with van der Waals surface area (Å²) in [5.41, 5.74) is 3.07. The fourth-order valence-electron chi connectivity index (χ4n) is 4.41. The minimum absolute atomic E-state index is 0.0154. The van der Waals surface area contributed by atoms with E-state index in [0.717, 1.165) is 43.4 Å². The Morgan fingerprint density at radius 2 is 1.63 bits per heavy atom. The molecule has 1 aliphatic heterocycles. The summed E-state index contributed by atoms with van der Waals surface area (Å²) in [5.74, 6) is -0.198. The zero-order chi connectivity index (χ0) is 21.3. The first-order valence-electron chi connectivity index (χ1n) is 10.6. The molecule has 0 aromatic heterocycles. The SMILES string of the molecule is CC(C)c1ccccc1NC(=O)Nc1ccc2c(c1)C(=O)N(C1CCCCC1)C2=O.